The van der Waals surface area contributed by atoms with Crippen molar-refractivity contribution in [1.82, 2.24) is 0 Å². The maximum Gasteiger partial charge on any atom is 0.0638 e. The summed E-state index contributed by atoms with van der Waals surface area (Å²) in [6, 6.07) is 0. The van der Waals surface area contributed by atoms with Gasteiger partial charge in [0.15, 0.2) is 0 Å². The molecule has 15 atom stereocenters. The van der Waals surface area contributed by atoms with E-state index in [2.05, 4.69) is 103 Å². The average molecular weight is 709 g/mol. The predicted octanol–water partition coefficient (Wildman–Crippen LogP) is 14.4. The number of methoxy groups -OCH3 is 1. The molecule has 0 heterocycles. The molecule has 6 aliphatic carbocycles. The molecule has 0 aromatic carbocycles. The van der Waals surface area contributed by atoms with Crippen molar-refractivity contribution in [2.45, 2.75) is 197 Å². The van der Waals surface area contributed by atoms with Gasteiger partial charge >= 0.3 is 0 Å². The minimum absolute atomic E-state index is 0.313. The second kappa shape index (κ2) is 14.4. The van der Waals surface area contributed by atoms with Crippen LogP contribution in [0.25, 0.3) is 0 Å². The Morgan fingerprint density at radius 2 is 1.02 bits per heavy atom. The number of hydrogen-bond donors (Lipinski definition) is 0. The molecule has 0 spiro atoms. The summed E-state index contributed by atoms with van der Waals surface area (Å²) in [6.45, 7) is 37.3. The Kier molecular flexibility index (Phi) is 11.4. The fourth-order valence-electron chi connectivity index (χ4n) is 16.4. The van der Waals surface area contributed by atoms with Crippen molar-refractivity contribution in [3.05, 3.63) is 0 Å². The molecule has 0 bridgehead atoms. The fourth-order valence-corrected chi connectivity index (χ4v) is 23.1. The maximum atomic E-state index is 6.70. The first kappa shape index (κ1) is 39.9. The summed E-state index contributed by atoms with van der Waals surface area (Å²) in [4.78, 5) is 0. The third-order valence-electron chi connectivity index (χ3n) is 18.5. The van der Waals surface area contributed by atoms with Crippen LogP contribution < -0.4 is 0 Å². The zero-order valence-electron chi connectivity index (χ0n) is 36.4. The SMILES string of the molecule is COC1C(C(C)(C)C)CC2C(CC(C)C2[Si](C)(C)C2C(C)CC3C2C(C)CC[C@@H]3C2CC(C(C)(C)C)CC(C(C)(C)C)C2)[C@H]1C1CCCCC1. The number of rotatable bonds is 5. The van der Waals surface area contributed by atoms with Gasteiger partial charge in [-0.15, -0.1) is 0 Å². The molecule has 0 aromatic rings. The zero-order chi connectivity index (χ0) is 36.7. The summed E-state index contributed by atoms with van der Waals surface area (Å²) in [5, 5.41) is 0. The molecule has 0 aromatic heterocycles. The van der Waals surface area contributed by atoms with Crippen molar-refractivity contribution in [3.63, 3.8) is 0 Å². The van der Waals surface area contributed by atoms with Gasteiger partial charge in [0.1, 0.15) is 0 Å². The van der Waals surface area contributed by atoms with E-state index < -0.39 is 8.07 Å². The summed E-state index contributed by atoms with van der Waals surface area (Å²) in [5.74, 6) is 12.7. The molecule has 0 amide bonds. The Morgan fingerprint density at radius 3 is 1.54 bits per heavy atom. The van der Waals surface area contributed by atoms with Gasteiger partial charge in [0.25, 0.3) is 0 Å². The van der Waals surface area contributed by atoms with Crippen molar-refractivity contribution in [1.29, 1.82) is 0 Å². The fraction of sp³-hybridized carbons (Fsp3) is 1.00. The number of fused-ring (bicyclic) bond motifs is 2. The van der Waals surface area contributed by atoms with Gasteiger partial charge in [-0.1, -0.05) is 135 Å². The molecule has 1 nitrogen and oxygen atoms in total. The standard InChI is InChI=1S/C48H88OSi/c1-29-21-22-36(33-25-34(46(4,5)6)27-35(26-33)47(7,8)9)37-24-31(3)45(41(29)37)50(14,15)44-30(2)23-38-39(44)28-40(48(10,11)12)43(49-13)42(38)32-19-17-16-18-20-32/h29-45H,16-28H2,1-15H3/t29?,30?,31?,33?,34?,35?,36-,37?,38?,39?,40?,41?,42-,43?,44?,45?/m1/s1. The van der Waals surface area contributed by atoms with Crippen molar-refractivity contribution < 1.29 is 4.74 Å². The van der Waals surface area contributed by atoms with Crippen LogP contribution >= 0.6 is 0 Å². The molecule has 290 valence electrons. The summed E-state index contributed by atoms with van der Waals surface area (Å²) < 4.78 is 6.70. The van der Waals surface area contributed by atoms with E-state index in [9.17, 15) is 0 Å². The molecule has 0 N–H and O–H groups in total. The second-order valence-corrected chi connectivity index (χ2v) is 29.5. The molecule has 0 radical (unpaired) electrons. The molecule has 50 heavy (non-hydrogen) atoms. The molecule has 13 unspecified atom stereocenters. The lowest BCUT2D eigenvalue weighted by Gasteiger charge is -2.56. The normalized spacial score (nSPS) is 46.9. The van der Waals surface area contributed by atoms with Gasteiger partial charge in [0, 0.05) is 7.11 Å². The first-order chi connectivity index (χ1) is 23.2. The molecule has 2 heteroatoms. The lowest BCUT2D eigenvalue weighted by atomic mass is 9.54. The van der Waals surface area contributed by atoms with E-state index in [4.69, 9.17) is 4.74 Å². The highest BCUT2D eigenvalue weighted by molar-refractivity contribution is 6.80. The maximum absolute atomic E-state index is 6.70. The van der Waals surface area contributed by atoms with Gasteiger partial charge in [0.05, 0.1) is 14.2 Å². The monoisotopic (exact) mass is 709 g/mol. The Bertz CT molecular complexity index is 1110. The lowest BCUT2D eigenvalue weighted by molar-refractivity contribution is -0.117. The molecule has 0 saturated heterocycles. The van der Waals surface area contributed by atoms with Gasteiger partial charge in [-0.3, -0.25) is 0 Å². The van der Waals surface area contributed by atoms with Crippen LogP contribution in [0, 0.1) is 99.1 Å². The van der Waals surface area contributed by atoms with Crippen LogP contribution in [0.5, 0.6) is 0 Å². The average Bonchev–Trinajstić information content (AvgIpc) is 3.56. The summed E-state index contributed by atoms with van der Waals surface area (Å²) >= 11 is 0. The molecule has 6 rings (SSSR count). The third-order valence-corrected chi connectivity index (χ3v) is 23.9. The van der Waals surface area contributed by atoms with Gasteiger partial charge in [0.2, 0.25) is 0 Å². The van der Waals surface area contributed by atoms with Crippen molar-refractivity contribution in [2.75, 3.05) is 7.11 Å². The topological polar surface area (TPSA) is 9.23 Å². The van der Waals surface area contributed by atoms with Crippen molar-refractivity contribution in [2.24, 2.45) is 99.1 Å². The van der Waals surface area contributed by atoms with Crippen LogP contribution in [0.3, 0.4) is 0 Å². The Balaban J connectivity index is 1.31. The first-order valence-corrected chi connectivity index (χ1v) is 25.8. The van der Waals surface area contributed by atoms with E-state index in [1.807, 2.05) is 0 Å². The second-order valence-electron chi connectivity index (χ2n) is 24.6. The zero-order valence-corrected chi connectivity index (χ0v) is 37.4. The molecule has 0 aliphatic heterocycles. The minimum atomic E-state index is -1.63. The van der Waals surface area contributed by atoms with Crippen LogP contribution in [0.2, 0.25) is 24.2 Å². The van der Waals surface area contributed by atoms with Crippen LogP contribution in [0.15, 0.2) is 0 Å². The highest BCUT2D eigenvalue weighted by atomic mass is 28.3. The summed E-state index contributed by atoms with van der Waals surface area (Å²) in [5.41, 5.74) is 3.18. The van der Waals surface area contributed by atoms with E-state index in [1.165, 1.54) is 77.0 Å². The van der Waals surface area contributed by atoms with E-state index >= 15 is 0 Å². The van der Waals surface area contributed by atoms with Gasteiger partial charge in [-0.05, 0) is 155 Å². The summed E-state index contributed by atoms with van der Waals surface area (Å²) in [6.07, 6.45) is 19.8. The Labute approximate surface area is 314 Å². The highest BCUT2D eigenvalue weighted by Crippen LogP contribution is 2.69. The van der Waals surface area contributed by atoms with Gasteiger partial charge in [-0.2, -0.15) is 0 Å². The van der Waals surface area contributed by atoms with Gasteiger partial charge < -0.3 is 4.74 Å². The first-order valence-electron chi connectivity index (χ1n) is 22.7. The van der Waals surface area contributed by atoms with E-state index in [0.717, 1.165) is 88.0 Å². The smallest absolute Gasteiger partial charge is 0.0638 e. The largest absolute Gasteiger partial charge is 0.381 e. The Morgan fingerprint density at radius 1 is 0.480 bits per heavy atom. The molecule has 6 aliphatic rings. The third kappa shape index (κ3) is 7.30. The van der Waals surface area contributed by atoms with Crippen molar-refractivity contribution >= 4 is 8.07 Å². The van der Waals surface area contributed by atoms with Gasteiger partial charge in [-0.25, -0.2) is 0 Å². The molecule has 6 fully saturated rings. The van der Waals surface area contributed by atoms with Crippen molar-refractivity contribution in [3.8, 4) is 0 Å². The summed E-state index contributed by atoms with van der Waals surface area (Å²) in [7, 11) is 0.464. The molecule has 6 saturated carbocycles. The predicted molar refractivity (Wildman–Crippen MR) is 220 cm³/mol. The van der Waals surface area contributed by atoms with Crippen LogP contribution in [0.4, 0.5) is 0 Å². The quantitative estimate of drug-likeness (QED) is 0.258. The number of hydrogen-bond acceptors (Lipinski definition) is 1. The molecular formula is C48H88OSi. The minimum Gasteiger partial charge on any atom is -0.381 e. The molecular weight excluding hydrogens is 621 g/mol. The van der Waals surface area contributed by atoms with Crippen LogP contribution in [0.1, 0.15) is 167 Å². The van der Waals surface area contributed by atoms with E-state index in [-0.39, 0.29) is 0 Å². The lowest BCUT2D eigenvalue weighted by Crippen LogP contribution is -2.54. The van der Waals surface area contributed by atoms with E-state index in [0.29, 0.717) is 28.3 Å². The van der Waals surface area contributed by atoms with E-state index in [1.54, 1.807) is 6.42 Å². The van der Waals surface area contributed by atoms with Crippen LogP contribution in [-0.2, 0) is 4.74 Å². The van der Waals surface area contributed by atoms with Crippen LogP contribution in [-0.4, -0.2) is 21.3 Å². The Hall–Kier alpha value is 0.177. The highest BCUT2D eigenvalue weighted by Gasteiger charge is 2.64. The number of ether oxygens (including phenoxy) is 1.